The number of fused-ring (bicyclic) bond motifs is 1. The molecule has 0 saturated heterocycles. The van der Waals surface area contributed by atoms with Crippen LogP contribution in [-0.4, -0.2) is 4.98 Å². The Morgan fingerprint density at radius 1 is 1.00 bits per heavy atom. The van der Waals surface area contributed by atoms with E-state index < -0.39 is 0 Å². The van der Waals surface area contributed by atoms with E-state index in [2.05, 4.69) is 38.1 Å². The van der Waals surface area contributed by atoms with Gasteiger partial charge in [-0.15, -0.1) is 11.3 Å². The molecule has 0 aliphatic heterocycles. The van der Waals surface area contributed by atoms with Gasteiger partial charge in [-0.3, -0.25) is 0 Å². The SMILES string of the molecule is CC1=c2nc(-c3ccccc3)sc2=C(C)CC1. The summed E-state index contributed by atoms with van der Waals surface area (Å²) in [5.41, 5.74) is 4.15. The first-order chi connectivity index (χ1) is 8.25. The largest absolute Gasteiger partial charge is 0.236 e. The maximum Gasteiger partial charge on any atom is 0.124 e. The molecule has 0 saturated carbocycles. The molecule has 3 rings (SSSR count). The van der Waals surface area contributed by atoms with Crippen LogP contribution in [0.15, 0.2) is 30.3 Å². The van der Waals surface area contributed by atoms with Crippen molar-refractivity contribution in [2.75, 3.05) is 0 Å². The minimum atomic E-state index is 1.15. The van der Waals surface area contributed by atoms with Gasteiger partial charge in [-0.1, -0.05) is 35.9 Å². The van der Waals surface area contributed by atoms with E-state index in [0.717, 1.165) is 11.4 Å². The Kier molecular flexibility index (Phi) is 2.60. The van der Waals surface area contributed by atoms with Gasteiger partial charge < -0.3 is 0 Å². The van der Waals surface area contributed by atoms with E-state index in [0.29, 0.717) is 0 Å². The van der Waals surface area contributed by atoms with Gasteiger partial charge in [-0.25, -0.2) is 4.98 Å². The lowest BCUT2D eigenvalue weighted by molar-refractivity contribution is 1.01. The Morgan fingerprint density at radius 3 is 2.41 bits per heavy atom. The number of hydrogen-bond donors (Lipinski definition) is 0. The summed E-state index contributed by atoms with van der Waals surface area (Å²) in [7, 11) is 0. The van der Waals surface area contributed by atoms with Crippen molar-refractivity contribution < 1.29 is 0 Å². The van der Waals surface area contributed by atoms with E-state index in [4.69, 9.17) is 4.98 Å². The van der Waals surface area contributed by atoms with Crippen LogP contribution in [-0.2, 0) is 0 Å². The van der Waals surface area contributed by atoms with Crippen molar-refractivity contribution in [3.63, 3.8) is 0 Å². The Bertz CT molecular complexity index is 625. The van der Waals surface area contributed by atoms with E-state index in [9.17, 15) is 0 Å². The van der Waals surface area contributed by atoms with Crippen LogP contribution in [0, 0.1) is 0 Å². The molecule has 0 radical (unpaired) electrons. The molecule has 0 spiro atoms. The predicted octanol–water partition coefficient (Wildman–Crippen LogP) is 2.95. The van der Waals surface area contributed by atoms with Crippen LogP contribution in [0.3, 0.4) is 0 Å². The first-order valence-electron chi connectivity index (χ1n) is 5.97. The molecule has 17 heavy (non-hydrogen) atoms. The Labute approximate surface area is 105 Å². The van der Waals surface area contributed by atoms with Gasteiger partial charge in [-0.05, 0) is 32.3 Å². The van der Waals surface area contributed by atoms with Gasteiger partial charge in [0, 0.05) is 5.56 Å². The molecule has 2 heteroatoms. The van der Waals surface area contributed by atoms with Crippen LogP contribution >= 0.6 is 11.3 Å². The summed E-state index contributed by atoms with van der Waals surface area (Å²) >= 11 is 1.83. The molecule has 1 aromatic heterocycles. The van der Waals surface area contributed by atoms with E-state index in [-0.39, 0.29) is 0 Å². The van der Waals surface area contributed by atoms with Gasteiger partial charge in [0.2, 0.25) is 0 Å². The molecule has 2 aromatic rings. The summed E-state index contributed by atoms with van der Waals surface area (Å²) in [6.45, 7) is 4.44. The normalized spacial score (nSPS) is 14.9. The highest BCUT2D eigenvalue weighted by molar-refractivity contribution is 7.13. The van der Waals surface area contributed by atoms with Crippen molar-refractivity contribution in [2.24, 2.45) is 0 Å². The fourth-order valence-electron chi connectivity index (χ4n) is 2.21. The zero-order chi connectivity index (χ0) is 11.8. The smallest absolute Gasteiger partial charge is 0.124 e. The van der Waals surface area contributed by atoms with Gasteiger partial charge in [0.25, 0.3) is 0 Å². The summed E-state index contributed by atoms with van der Waals surface area (Å²) in [5.74, 6) is 0. The number of benzene rings is 1. The first-order valence-corrected chi connectivity index (χ1v) is 6.79. The van der Waals surface area contributed by atoms with Crippen molar-refractivity contribution in [1.82, 2.24) is 4.98 Å². The van der Waals surface area contributed by atoms with Gasteiger partial charge in [0.05, 0.1) is 9.88 Å². The molecule has 1 heterocycles. The Hall–Kier alpha value is -1.41. The lowest BCUT2D eigenvalue weighted by Crippen LogP contribution is -2.28. The summed E-state index contributed by atoms with van der Waals surface area (Å²) in [6.07, 6.45) is 2.35. The zero-order valence-electron chi connectivity index (χ0n) is 10.2. The van der Waals surface area contributed by atoms with Gasteiger partial charge >= 0.3 is 0 Å². The maximum absolute atomic E-state index is 4.81. The second-order valence-corrected chi connectivity index (χ2v) is 5.62. The Balaban J connectivity index is 2.29. The minimum absolute atomic E-state index is 1.15. The number of rotatable bonds is 1. The summed E-state index contributed by atoms with van der Waals surface area (Å²) in [4.78, 5) is 4.81. The van der Waals surface area contributed by atoms with Gasteiger partial charge in [0.15, 0.2) is 0 Å². The molecule has 0 N–H and O–H groups in total. The second kappa shape index (κ2) is 4.11. The lowest BCUT2D eigenvalue weighted by Gasteiger charge is -2.05. The van der Waals surface area contributed by atoms with Crippen molar-refractivity contribution >= 4 is 22.5 Å². The Morgan fingerprint density at radius 2 is 1.71 bits per heavy atom. The van der Waals surface area contributed by atoms with Crippen molar-refractivity contribution in [3.05, 3.63) is 40.2 Å². The van der Waals surface area contributed by atoms with Crippen molar-refractivity contribution in [1.29, 1.82) is 0 Å². The van der Waals surface area contributed by atoms with Crippen LogP contribution in [0.1, 0.15) is 26.7 Å². The van der Waals surface area contributed by atoms with Crippen LogP contribution < -0.4 is 9.88 Å². The van der Waals surface area contributed by atoms with Crippen molar-refractivity contribution in [2.45, 2.75) is 26.7 Å². The van der Waals surface area contributed by atoms with E-state index in [1.807, 2.05) is 17.4 Å². The molecule has 0 amide bonds. The quantitative estimate of drug-likeness (QED) is 0.748. The number of hydrogen-bond acceptors (Lipinski definition) is 2. The van der Waals surface area contributed by atoms with E-state index in [1.165, 1.54) is 33.0 Å². The third kappa shape index (κ3) is 1.83. The molecule has 1 aliphatic rings. The average molecular weight is 241 g/mol. The highest BCUT2D eigenvalue weighted by atomic mass is 32.1. The molecule has 1 aliphatic carbocycles. The molecule has 0 bridgehead atoms. The van der Waals surface area contributed by atoms with Gasteiger partial charge in [0.1, 0.15) is 5.01 Å². The molecule has 86 valence electrons. The lowest BCUT2D eigenvalue weighted by atomic mass is 10.0. The van der Waals surface area contributed by atoms with Crippen LogP contribution in [0.2, 0.25) is 0 Å². The first kappa shape index (κ1) is 10.7. The standard InChI is InChI=1S/C15H15NS/c1-10-8-9-11(2)14-13(10)16-15(17-14)12-6-4-3-5-7-12/h3-7H,8-9H2,1-2H3. The molecule has 0 fully saturated rings. The molecule has 0 atom stereocenters. The van der Waals surface area contributed by atoms with Crippen molar-refractivity contribution in [3.8, 4) is 10.6 Å². The fourth-order valence-corrected chi connectivity index (χ4v) is 3.39. The maximum atomic E-state index is 4.81. The van der Waals surface area contributed by atoms with E-state index >= 15 is 0 Å². The summed E-state index contributed by atoms with van der Waals surface area (Å²) < 4.78 is 1.40. The summed E-state index contributed by atoms with van der Waals surface area (Å²) in [5, 5.41) is 2.38. The van der Waals surface area contributed by atoms with Crippen LogP contribution in [0.25, 0.3) is 21.7 Å². The van der Waals surface area contributed by atoms with Gasteiger partial charge in [-0.2, -0.15) is 0 Å². The molecule has 1 nitrogen and oxygen atoms in total. The minimum Gasteiger partial charge on any atom is -0.236 e. The third-order valence-electron chi connectivity index (χ3n) is 3.31. The zero-order valence-corrected chi connectivity index (χ0v) is 11.0. The molecule has 0 unspecified atom stereocenters. The number of nitrogens with zero attached hydrogens (tertiary/aromatic N) is 1. The van der Waals surface area contributed by atoms with Crippen LogP contribution in [0.4, 0.5) is 0 Å². The molecular formula is C15H15NS. The molecular weight excluding hydrogens is 226 g/mol. The monoisotopic (exact) mass is 241 g/mol. The summed E-state index contributed by atoms with van der Waals surface area (Å²) in [6, 6.07) is 10.5. The highest BCUT2D eigenvalue weighted by Crippen LogP contribution is 2.21. The fraction of sp³-hybridized carbons (Fsp3) is 0.267. The molecule has 1 aromatic carbocycles. The number of thiazole rings is 1. The van der Waals surface area contributed by atoms with E-state index in [1.54, 1.807) is 0 Å². The predicted molar refractivity (Wildman–Crippen MR) is 74.2 cm³/mol. The second-order valence-electron chi connectivity index (χ2n) is 4.62. The average Bonchev–Trinajstić information content (AvgIpc) is 2.81. The topological polar surface area (TPSA) is 12.9 Å². The van der Waals surface area contributed by atoms with Crippen LogP contribution in [0.5, 0.6) is 0 Å². The third-order valence-corrected chi connectivity index (χ3v) is 4.58. The number of aromatic nitrogens is 1. The highest BCUT2D eigenvalue weighted by Gasteiger charge is 2.11.